The number of carbonyl (C=O) groups excluding carboxylic acids is 2. The van der Waals surface area contributed by atoms with E-state index in [4.69, 9.17) is 14.9 Å². The van der Waals surface area contributed by atoms with E-state index >= 15 is 0 Å². The summed E-state index contributed by atoms with van der Waals surface area (Å²) in [6.45, 7) is 4.29. The topological polar surface area (TPSA) is 93.1 Å². The quantitative estimate of drug-likeness (QED) is 0.608. The van der Waals surface area contributed by atoms with E-state index in [-0.39, 0.29) is 6.61 Å². The molecule has 0 aliphatic rings. The first kappa shape index (κ1) is 14.9. The maximum absolute atomic E-state index is 10.9. The minimum atomic E-state index is -1.16. The van der Waals surface area contributed by atoms with E-state index in [2.05, 4.69) is 4.74 Å². The van der Waals surface area contributed by atoms with Crippen LogP contribution in [0.4, 0.5) is 0 Å². The van der Waals surface area contributed by atoms with Crippen LogP contribution in [-0.4, -0.2) is 47.1 Å². The Kier molecular flexibility index (Phi) is 6.67. The third-order valence-corrected chi connectivity index (χ3v) is 1.77. The van der Waals surface area contributed by atoms with Crippen molar-refractivity contribution in [2.75, 3.05) is 6.61 Å². The van der Waals surface area contributed by atoms with Crippen molar-refractivity contribution >= 4 is 11.9 Å². The van der Waals surface area contributed by atoms with Gasteiger partial charge in [0.2, 0.25) is 0 Å². The van der Waals surface area contributed by atoms with Gasteiger partial charge in [0.1, 0.15) is 18.3 Å². The Morgan fingerprint density at radius 1 is 1.06 bits per heavy atom. The zero-order chi connectivity index (χ0) is 12.7. The Bertz CT molecular complexity index is 235. The Balaban J connectivity index is 3.70. The van der Waals surface area contributed by atoms with E-state index in [9.17, 15) is 9.59 Å². The zero-order valence-corrected chi connectivity index (χ0v) is 9.67. The fraction of sp³-hybridized carbons (Fsp3) is 0.800. The Labute approximate surface area is 94.2 Å². The van der Waals surface area contributed by atoms with Crippen molar-refractivity contribution in [3.8, 4) is 0 Å². The van der Waals surface area contributed by atoms with Crippen molar-refractivity contribution in [1.82, 2.24) is 0 Å². The number of hydrogen-bond acceptors (Lipinski definition) is 6. The van der Waals surface area contributed by atoms with Gasteiger partial charge in [-0.05, 0) is 20.8 Å². The molecule has 0 amide bonds. The van der Waals surface area contributed by atoms with Gasteiger partial charge in [-0.15, -0.1) is 0 Å². The van der Waals surface area contributed by atoms with Gasteiger partial charge in [-0.3, -0.25) is 0 Å². The Hall–Kier alpha value is -1.14. The van der Waals surface area contributed by atoms with Crippen LogP contribution in [0.1, 0.15) is 27.2 Å². The third-order valence-electron chi connectivity index (χ3n) is 1.77. The molecular weight excluding hydrogens is 216 g/mol. The lowest BCUT2D eigenvalue weighted by Crippen LogP contribution is -2.26. The Morgan fingerprint density at radius 3 is 2.00 bits per heavy atom. The highest BCUT2D eigenvalue weighted by atomic mass is 16.6. The molecule has 0 fully saturated rings. The van der Waals surface area contributed by atoms with Gasteiger partial charge < -0.3 is 19.7 Å². The standard InChI is InChI=1S/C10H18O6/c1-6(16-10(14)8(3)12)4-5-15-9(13)7(2)11/h6-8,11-12H,4-5H2,1-3H3. The second kappa shape index (κ2) is 7.19. The number of carbonyl (C=O) groups is 2. The lowest BCUT2D eigenvalue weighted by molar-refractivity contribution is -0.159. The smallest absolute Gasteiger partial charge is 0.334 e. The van der Waals surface area contributed by atoms with Crippen LogP contribution in [0.2, 0.25) is 0 Å². The molecule has 16 heavy (non-hydrogen) atoms. The maximum atomic E-state index is 10.9. The summed E-state index contributed by atoms with van der Waals surface area (Å²) in [7, 11) is 0. The number of hydrogen-bond donors (Lipinski definition) is 2. The number of esters is 2. The minimum absolute atomic E-state index is 0.0536. The molecular formula is C10H18O6. The first-order valence-corrected chi connectivity index (χ1v) is 5.07. The van der Waals surface area contributed by atoms with E-state index < -0.39 is 30.3 Å². The van der Waals surface area contributed by atoms with Gasteiger partial charge in [-0.25, -0.2) is 9.59 Å². The summed E-state index contributed by atoms with van der Waals surface area (Å²) in [6, 6.07) is 0. The van der Waals surface area contributed by atoms with Crippen LogP contribution in [0.25, 0.3) is 0 Å². The molecule has 0 rings (SSSR count). The van der Waals surface area contributed by atoms with Crippen LogP contribution in [0, 0.1) is 0 Å². The van der Waals surface area contributed by atoms with Gasteiger partial charge in [0, 0.05) is 6.42 Å². The molecule has 0 aromatic carbocycles. The van der Waals surface area contributed by atoms with Crippen molar-refractivity contribution in [3.05, 3.63) is 0 Å². The van der Waals surface area contributed by atoms with Gasteiger partial charge >= 0.3 is 11.9 Å². The molecule has 6 nitrogen and oxygen atoms in total. The molecule has 0 bridgehead atoms. The summed E-state index contributed by atoms with van der Waals surface area (Å²) < 4.78 is 9.48. The molecule has 0 spiro atoms. The van der Waals surface area contributed by atoms with Gasteiger partial charge in [0.25, 0.3) is 0 Å². The molecule has 6 heteroatoms. The molecule has 0 aromatic rings. The van der Waals surface area contributed by atoms with Crippen LogP contribution < -0.4 is 0 Å². The summed E-state index contributed by atoms with van der Waals surface area (Å²) in [5.41, 5.74) is 0. The van der Waals surface area contributed by atoms with E-state index in [1.165, 1.54) is 13.8 Å². The second-order valence-electron chi connectivity index (χ2n) is 3.56. The second-order valence-corrected chi connectivity index (χ2v) is 3.56. The number of aliphatic hydroxyl groups excluding tert-OH is 2. The normalized spacial score (nSPS) is 16.1. The summed E-state index contributed by atoms with van der Waals surface area (Å²) in [5, 5.41) is 17.7. The first-order valence-electron chi connectivity index (χ1n) is 5.07. The van der Waals surface area contributed by atoms with Gasteiger partial charge in [0.15, 0.2) is 0 Å². The molecule has 0 aromatic heterocycles. The van der Waals surface area contributed by atoms with Gasteiger partial charge in [0.05, 0.1) is 6.61 Å². The van der Waals surface area contributed by atoms with E-state index in [0.29, 0.717) is 6.42 Å². The monoisotopic (exact) mass is 234 g/mol. The molecule has 0 saturated heterocycles. The fourth-order valence-corrected chi connectivity index (χ4v) is 0.802. The molecule has 0 saturated carbocycles. The number of ether oxygens (including phenoxy) is 2. The molecule has 0 aliphatic carbocycles. The van der Waals surface area contributed by atoms with Crippen LogP contribution in [0.3, 0.4) is 0 Å². The van der Waals surface area contributed by atoms with Crippen molar-refractivity contribution in [2.24, 2.45) is 0 Å². The van der Waals surface area contributed by atoms with Crippen molar-refractivity contribution in [2.45, 2.75) is 45.5 Å². The average molecular weight is 234 g/mol. The SMILES string of the molecule is CC(CCOC(=O)C(C)O)OC(=O)C(C)O. The van der Waals surface area contributed by atoms with E-state index in [1.54, 1.807) is 6.92 Å². The van der Waals surface area contributed by atoms with Gasteiger partial charge in [-0.1, -0.05) is 0 Å². The highest BCUT2D eigenvalue weighted by Gasteiger charge is 2.15. The maximum Gasteiger partial charge on any atom is 0.334 e. The highest BCUT2D eigenvalue weighted by Crippen LogP contribution is 2.01. The lowest BCUT2D eigenvalue weighted by Gasteiger charge is -2.14. The largest absolute Gasteiger partial charge is 0.464 e. The molecule has 0 aliphatic heterocycles. The Morgan fingerprint density at radius 2 is 1.56 bits per heavy atom. The summed E-state index contributed by atoms with van der Waals surface area (Å²) >= 11 is 0. The predicted octanol–water partition coefficient (Wildman–Crippen LogP) is -0.387. The van der Waals surface area contributed by atoms with E-state index in [1.807, 2.05) is 0 Å². The van der Waals surface area contributed by atoms with Crippen LogP contribution in [0.15, 0.2) is 0 Å². The number of rotatable bonds is 6. The van der Waals surface area contributed by atoms with E-state index in [0.717, 1.165) is 0 Å². The molecule has 3 atom stereocenters. The number of aliphatic hydroxyl groups is 2. The summed E-state index contributed by atoms with van der Waals surface area (Å²) in [6.07, 6.45) is -2.46. The third kappa shape index (κ3) is 6.36. The molecule has 0 radical (unpaired) electrons. The molecule has 0 heterocycles. The zero-order valence-electron chi connectivity index (χ0n) is 9.67. The van der Waals surface area contributed by atoms with Crippen LogP contribution in [-0.2, 0) is 19.1 Å². The summed E-state index contributed by atoms with van der Waals surface area (Å²) in [5.74, 6) is -1.43. The summed E-state index contributed by atoms with van der Waals surface area (Å²) in [4.78, 5) is 21.8. The first-order chi connectivity index (χ1) is 7.34. The molecule has 3 unspecified atom stereocenters. The van der Waals surface area contributed by atoms with Crippen molar-refractivity contribution in [1.29, 1.82) is 0 Å². The van der Waals surface area contributed by atoms with Crippen molar-refractivity contribution < 1.29 is 29.3 Å². The minimum Gasteiger partial charge on any atom is -0.464 e. The van der Waals surface area contributed by atoms with Crippen LogP contribution in [0.5, 0.6) is 0 Å². The van der Waals surface area contributed by atoms with Gasteiger partial charge in [-0.2, -0.15) is 0 Å². The predicted molar refractivity (Wildman–Crippen MR) is 54.5 cm³/mol. The lowest BCUT2D eigenvalue weighted by atomic mass is 10.3. The van der Waals surface area contributed by atoms with Crippen molar-refractivity contribution in [3.63, 3.8) is 0 Å². The fourth-order valence-electron chi connectivity index (χ4n) is 0.802. The molecule has 2 N–H and O–H groups in total. The van der Waals surface area contributed by atoms with Crippen LogP contribution >= 0.6 is 0 Å². The molecule has 94 valence electrons. The highest BCUT2D eigenvalue weighted by molar-refractivity contribution is 5.74. The average Bonchev–Trinajstić information content (AvgIpc) is 2.16.